The molecule has 1 aliphatic heterocycles. The molecule has 1 heterocycles. The lowest BCUT2D eigenvalue weighted by molar-refractivity contribution is 0.157. The molecule has 1 N–H and O–H groups in total. The summed E-state index contributed by atoms with van der Waals surface area (Å²) in [5.41, 5.74) is 0. The predicted octanol–water partition coefficient (Wildman–Crippen LogP) is -0.250. The Morgan fingerprint density at radius 1 is 1.60 bits per heavy atom. The number of hydrogen-bond donors (Lipinski definition) is 1. The molecule has 1 rings (SSSR count). The molecule has 0 radical (unpaired) electrons. The second kappa shape index (κ2) is 4.73. The number of ether oxygens (including phenoxy) is 1. The number of carbonyl (C=O) groups is 1. The Hall–Kier alpha value is -0.930. The molecule has 1 fully saturated rings. The highest BCUT2D eigenvalue weighted by molar-refractivity contribution is 7.91. The molecule has 0 saturated carbocycles. The van der Waals surface area contributed by atoms with Crippen LogP contribution in [-0.2, 0) is 14.6 Å². The number of amides is 1. The highest BCUT2D eigenvalue weighted by Gasteiger charge is 2.37. The van der Waals surface area contributed by atoms with E-state index in [0.717, 1.165) is 0 Å². The monoisotopic (exact) mass is 251 g/mol. The summed E-state index contributed by atoms with van der Waals surface area (Å²) in [5, 5.41) is 1.73. The number of sulfone groups is 1. The molecule has 84 valence electrons. The van der Waals surface area contributed by atoms with Gasteiger partial charge in [0, 0.05) is 0 Å². The minimum absolute atomic E-state index is 0.130. The third-order valence-corrected chi connectivity index (χ3v) is 4.25. The molecule has 2 atom stereocenters. The Morgan fingerprint density at radius 3 is 2.73 bits per heavy atom. The molecule has 0 aromatic carbocycles. The van der Waals surface area contributed by atoms with Crippen molar-refractivity contribution < 1.29 is 17.9 Å². The number of nitrogens with one attached hydrogen (secondary N) is 1. The fourth-order valence-electron chi connectivity index (χ4n) is 1.24. The first-order valence-corrected chi connectivity index (χ1v) is 6.41. The number of terminal acetylenes is 1. The summed E-state index contributed by atoms with van der Waals surface area (Å²) in [6, 6.07) is -0.609. The first-order valence-electron chi connectivity index (χ1n) is 4.16. The maximum absolute atomic E-state index is 11.1. The first-order chi connectivity index (χ1) is 6.94. The number of carbonyl (C=O) groups excluding carboxylic acids is 1. The van der Waals surface area contributed by atoms with Gasteiger partial charge in [0.15, 0.2) is 16.4 Å². The number of halogens is 1. The Balaban J connectivity index is 2.47. The largest absolute Gasteiger partial charge is 0.436 e. The molecule has 0 spiro atoms. The fourth-order valence-corrected chi connectivity index (χ4v) is 3.79. The first kappa shape index (κ1) is 12.1. The lowest BCUT2D eigenvalue weighted by Crippen LogP contribution is -2.40. The summed E-state index contributed by atoms with van der Waals surface area (Å²) >= 11 is 5.75. The van der Waals surface area contributed by atoms with E-state index in [1.165, 1.54) is 0 Å². The van der Waals surface area contributed by atoms with Crippen LogP contribution in [0.25, 0.3) is 0 Å². The highest BCUT2D eigenvalue weighted by atomic mass is 35.5. The van der Waals surface area contributed by atoms with Crippen molar-refractivity contribution in [2.45, 2.75) is 11.4 Å². The maximum atomic E-state index is 11.1. The fraction of sp³-hybridized carbons (Fsp3) is 0.625. The molecule has 0 bridgehead atoms. The second-order valence-corrected chi connectivity index (χ2v) is 5.84. The maximum Gasteiger partial charge on any atom is 0.408 e. The summed E-state index contributed by atoms with van der Waals surface area (Å²) in [6.07, 6.45) is 4.13. The van der Waals surface area contributed by atoms with Gasteiger partial charge in [0.1, 0.15) is 0 Å². The third kappa shape index (κ3) is 3.61. The van der Waals surface area contributed by atoms with E-state index in [4.69, 9.17) is 18.0 Å². The van der Waals surface area contributed by atoms with Crippen molar-refractivity contribution in [3.63, 3.8) is 0 Å². The van der Waals surface area contributed by atoms with E-state index in [1.54, 1.807) is 0 Å². The molecule has 7 heteroatoms. The Kier molecular flexibility index (Phi) is 3.83. The zero-order valence-electron chi connectivity index (χ0n) is 7.77. The molecule has 0 aliphatic carbocycles. The normalized spacial score (nSPS) is 28.0. The van der Waals surface area contributed by atoms with Crippen molar-refractivity contribution in [2.24, 2.45) is 0 Å². The minimum atomic E-state index is -3.15. The van der Waals surface area contributed by atoms with Crippen LogP contribution in [0.2, 0.25) is 0 Å². The molecular weight excluding hydrogens is 242 g/mol. The van der Waals surface area contributed by atoms with Gasteiger partial charge in [-0.1, -0.05) is 5.92 Å². The molecule has 0 aromatic heterocycles. The lowest BCUT2D eigenvalue weighted by atomic mass is 10.3. The van der Waals surface area contributed by atoms with Gasteiger partial charge in [0.05, 0.1) is 22.9 Å². The van der Waals surface area contributed by atoms with Crippen LogP contribution in [0.1, 0.15) is 0 Å². The van der Waals surface area contributed by atoms with Gasteiger partial charge >= 0.3 is 6.09 Å². The van der Waals surface area contributed by atoms with Gasteiger partial charge in [-0.05, 0) is 0 Å². The van der Waals surface area contributed by atoms with Gasteiger partial charge in [-0.3, -0.25) is 0 Å². The van der Waals surface area contributed by atoms with Crippen LogP contribution in [0.4, 0.5) is 4.79 Å². The summed E-state index contributed by atoms with van der Waals surface area (Å²) in [5.74, 6) is 1.83. The number of rotatable bonds is 2. The van der Waals surface area contributed by atoms with Gasteiger partial charge in [0.2, 0.25) is 0 Å². The molecule has 2 unspecified atom stereocenters. The van der Waals surface area contributed by atoms with E-state index in [2.05, 4.69) is 16.0 Å². The van der Waals surface area contributed by atoms with Crippen LogP contribution in [0, 0.1) is 12.3 Å². The van der Waals surface area contributed by atoms with Crippen molar-refractivity contribution in [1.82, 2.24) is 5.32 Å². The zero-order chi connectivity index (χ0) is 11.5. The van der Waals surface area contributed by atoms with Crippen LogP contribution in [-0.4, -0.2) is 44.0 Å². The van der Waals surface area contributed by atoms with Crippen molar-refractivity contribution in [3.05, 3.63) is 0 Å². The van der Waals surface area contributed by atoms with Gasteiger partial charge in [-0.25, -0.2) is 13.2 Å². The van der Waals surface area contributed by atoms with Gasteiger partial charge < -0.3 is 10.1 Å². The lowest BCUT2D eigenvalue weighted by Gasteiger charge is -2.13. The highest BCUT2D eigenvalue weighted by Crippen LogP contribution is 2.17. The summed E-state index contributed by atoms with van der Waals surface area (Å²) in [6.45, 7) is -0.155. The zero-order valence-corrected chi connectivity index (χ0v) is 9.35. The van der Waals surface area contributed by atoms with Gasteiger partial charge in [-0.15, -0.1) is 18.0 Å². The molecule has 1 saturated heterocycles. The smallest absolute Gasteiger partial charge is 0.408 e. The molecule has 0 aromatic rings. The Bertz CT molecular complexity index is 386. The minimum Gasteiger partial charge on any atom is -0.436 e. The molecular formula is C8H10ClNO4S. The molecule has 5 nitrogen and oxygen atoms in total. The second-order valence-electron chi connectivity index (χ2n) is 3.12. The molecule has 1 aliphatic rings. The number of alkyl halides is 1. The van der Waals surface area contributed by atoms with E-state index in [9.17, 15) is 13.2 Å². The van der Waals surface area contributed by atoms with E-state index in [-0.39, 0.29) is 18.1 Å². The van der Waals surface area contributed by atoms with Crippen LogP contribution < -0.4 is 5.32 Å². The van der Waals surface area contributed by atoms with E-state index in [0.29, 0.717) is 0 Å². The van der Waals surface area contributed by atoms with Crippen LogP contribution in [0.15, 0.2) is 0 Å². The predicted molar refractivity (Wildman–Crippen MR) is 55.4 cm³/mol. The molecule has 1 amide bonds. The average Bonchev–Trinajstić information content (AvgIpc) is 2.36. The summed E-state index contributed by atoms with van der Waals surface area (Å²) in [4.78, 5) is 11.0. The SMILES string of the molecule is C#CCOC(=O)NC1CS(=O)(=O)CC1Cl. The molecule has 15 heavy (non-hydrogen) atoms. The van der Waals surface area contributed by atoms with Crippen molar-refractivity contribution in [3.8, 4) is 12.3 Å². The van der Waals surface area contributed by atoms with Gasteiger partial charge in [-0.2, -0.15) is 0 Å². The van der Waals surface area contributed by atoms with E-state index >= 15 is 0 Å². The summed E-state index contributed by atoms with van der Waals surface area (Å²) < 4.78 is 26.8. The Morgan fingerprint density at radius 2 is 2.27 bits per heavy atom. The third-order valence-electron chi connectivity index (χ3n) is 1.87. The van der Waals surface area contributed by atoms with Gasteiger partial charge in [0.25, 0.3) is 0 Å². The number of hydrogen-bond acceptors (Lipinski definition) is 4. The van der Waals surface area contributed by atoms with Crippen molar-refractivity contribution in [1.29, 1.82) is 0 Å². The van der Waals surface area contributed by atoms with E-state index in [1.807, 2.05) is 0 Å². The standard InChI is InChI=1S/C8H10ClNO4S/c1-2-3-14-8(11)10-7-5-15(12,13)4-6(7)9/h1,6-7H,3-5H2,(H,10,11). The Labute approximate surface area is 93.0 Å². The number of alkyl carbamates (subject to hydrolysis) is 1. The van der Waals surface area contributed by atoms with Crippen LogP contribution in [0.3, 0.4) is 0 Å². The van der Waals surface area contributed by atoms with Crippen LogP contribution >= 0.6 is 11.6 Å². The van der Waals surface area contributed by atoms with E-state index < -0.39 is 27.3 Å². The summed E-state index contributed by atoms with van der Waals surface area (Å²) in [7, 11) is -3.15. The van der Waals surface area contributed by atoms with Crippen LogP contribution in [0.5, 0.6) is 0 Å². The average molecular weight is 252 g/mol. The van der Waals surface area contributed by atoms with Crippen molar-refractivity contribution >= 4 is 27.5 Å². The topological polar surface area (TPSA) is 72.5 Å². The quantitative estimate of drug-likeness (QED) is 0.543. The van der Waals surface area contributed by atoms with Crippen molar-refractivity contribution in [2.75, 3.05) is 18.1 Å².